The third kappa shape index (κ3) is 6.23. The monoisotopic (exact) mass is 640 g/mol. The second-order valence-electron chi connectivity index (χ2n) is 10.6. The SMILES string of the molecule is COc1cc2nccc(Oc3ccc(NC(=O)C4CN(C(C)C)C(=O)N(c5ccc(F)cc5)C4=O)cc3C(F)(F)F)c2cc1OC. The molecule has 10 nitrogen and oxygen atoms in total. The van der Waals surface area contributed by atoms with Crippen molar-refractivity contribution in [3.8, 4) is 23.0 Å². The number of nitrogens with zero attached hydrogens (tertiary/aromatic N) is 3. The lowest BCUT2D eigenvalue weighted by Crippen LogP contribution is -2.61. The lowest BCUT2D eigenvalue weighted by Gasteiger charge is -2.39. The number of imide groups is 1. The first-order valence-corrected chi connectivity index (χ1v) is 13.9. The number of benzene rings is 3. The Morgan fingerprint density at radius 1 is 0.935 bits per heavy atom. The van der Waals surface area contributed by atoms with Crippen molar-refractivity contribution in [2.45, 2.75) is 26.1 Å². The van der Waals surface area contributed by atoms with E-state index >= 15 is 0 Å². The molecule has 3 aromatic carbocycles. The molecule has 0 bridgehead atoms. The molecule has 0 saturated carbocycles. The first-order valence-electron chi connectivity index (χ1n) is 13.9. The molecule has 1 atom stereocenters. The van der Waals surface area contributed by atoms with E-state index in [0.717, 1.165) is 23.1 Å². The predicted octanol–water partition coefficient (Wildman–Crippen LogP) is 6.63. The molecule has 5 rings (SSSR count). The summed E-state index contributed by atoms with van der Waals surface area (Å²) in [6, 6.07) is 10.8. The molecule has 0 spiro atoms. The topological polar surface area (TPSA) is 110 Å². The molecule has 0 aliphatic carbocycles. The van der Waals surface area contributed by atoms with E-state index in [4.69, 9.17) is 14.2 Å². The van der Waals surface area contributed by atoms with Crippen LogP contribution in [0, 0.1) is 11.7 Å². The number of nitrogens with one attached hydrogen (secondary N) is 1. The number of anilines is 2. The molecular formula is C32H28F4N4O6. The van der Waals surface area contributed by atoms with Crippen molar-refractivity contribution in [1.29, 1.82) is 0 Å². The molecule has 46 heavy (non-hydrogen) atoms. The number of alkyl halides is 3. The van der Waals surface area contributed by atoms with Gasteiger partial charge in [0.05, 0.1) is 25.4 Å². The van der Waals surface area contributed by atoms with Crippen LogP contribution >= 0.6 is 0 Å². The van der Waals surface area contributed by atoms with Crippen molar-refractivity contribution in [3.63, 3.8) is 0 Å². The van der Waals surface area contributed by atoms with Crippen LogP contribution in [-0.2, 0) is 15.8 Å². The molecule has 1 aromatic heterocycles. The van der Waals surface area contributed by atoms with Crippen molar-refractivity contribution >= 4 is 40.1 Å². The minimum absolute atomic E-state index is 0.0418. The number of pyridine rings is 1. The molecule has 1 saturated heterocycles. The number of aromatic nitrogens is 1. The summed E-state index contributed by atoms with van der Waals surface area (Å²) in [7, 11) is 2.85. The normalized spacial score (nSPS) is 15.4. The maximum Gasteiger partial charge on any atom is 0.420 e. The highest BCUT2D eigenvalue weighted by Crippen LogP contribution is 2.42. The Morgan fingerprint density at radius 2 is 1.61 bits per heavy atom. The number of ether oxygens (including phenoxy) is 3. The van der Waals surface area contributed by atoms with E-state index < -0.39 is 53.1 Å². The van der Waals surface area contributed by atoms with Crippen molar-refractivity contribution in [1.82, 2.24) is 9.88 Å². The van der Waals surface area contributed by atoms with E-state index in [1.54, 1.807) is 19.9 Å². The van der Waals surface area contributed by atoms with Gasteiger partial charge in [-0.25, -0.2) is 14.1 Å². The molecule has 1 aliphatic rings. The van der Waals surface area contributed by atoms with Gasteiger partial charge in [0, 0.05) is 35.9 Å². The predicted molar refractivity (Wildman–Crippen MR) is 160 cm³/mol. The number of carbonyl (C=O) groups is 3. The third-order valence-corrected chi connectivity index (χ3v) is 7.34. The van der Waals surface area contributed by atoms with Crippen LogP contribution in [-0.4, -0.2) is 54.5 Å². The minimum atomic E-state index is -4.90. The van der Waals surface area contributed by atoms with Crippen molar-refractivity contribution in [2.75, 3.05) is 31.0 Å². The van der Waals surface area contributed by atoms with Gasteiger partial charge in [-0.15, -0.1) is 0 Å². The van der Waals surface area contributed by atoms with Gasteiger partial charge in [0.15, 0.2) is 11.5 Å². The Labute approximate surface area is 260 Å². The molecule has 14 heteroatoms. The lowest BCUT2D eigenvalue weighted by molar-refractivity contribution is -0.138. The van der Waals surface area contributed by atoms with Crippen LogP contribution in [0.25, 0.3) is 10.9 Å². The number of carbonyl (C=O) groups excluding carboxylic acids is 3. The fourth-order valence-corrected chi connectivity index (χ4v) is 4.99. The van der Waals surface area contributed by atoms with Gasteiger partial charge in [0.1, 0.15) is 28.8 Å². The summed E-state index contributed by atoms with van der Waals surface area (Å²) >= 11 is 0. The summed E-state index contributed by atoms with van der Waals surface area (Å²) in [5.74, 6) is -3.71. The Bertz CT molecular complexity index is 1810. The molecule has 240 valence electrons. The molecule has 0 radical (unpaired) electrons. The van der Waals surface area contributed by atoms with Crippen molar-refractivity contribution in [3.05, 3.63) is 78.2 Å². The van der Waals surface area contributed by atoms with Crippen LogP contribution in [0.3, 0.4) is 0 Å². The zero-order valence-electron chi connectivity index (χ0n) is 25.0. The second kappa shape index (κ2) is 12.5. The number of methoxy groups -OCH3 is 2. The van der Waals surface area contributed by atoms with E-state index in [0.29, 0.717) is 28.5 Å². The number of hydrogen-bond acceptors (Lipinski definition) is 7. The van der Waals surface area contributed by atoms with Crippen LogP contribution in [0.4, 0.5) is 33.7 Å². The van der Waals surface area contributed by atoms with E-state index in [-0.39, 0.29) is 23.7 Å². The number of halogens is 4. The summed E-state index contributed by atoms with van der Waals surface area (Å²) in [5, 5.41) is 2.74. The molecule has 4 amide bonds. The maximum absolute atomic E-state index is 14.3. The highest BCUT2D eigenvalue weighted by atomic mass is 19.4. The van der Waals surface area contributed by atoms with Gasteiger partial charge in [0.2, 0.25) is 11.8 Å². The first kappa shape index (κ1) is 32.0. The number of fused-ring (bicyclic) bond motifs is 1. The van der Waals surface area contributed by atoms with Crippen LogP contribution < -0.4 is 24.4 Å². The van der Waals surface area contributed by atoms with Crippen molar-refractivity contribution < 1.29 is 46.2 Å². The van der Waals surface area contributed by atoms with Gasteiger partial charge in [-0.2, -0.15) is 13.2 Å². The smallest absolute Gasteiger partial charge is 0.420 e. The zero-order valence-corrected chi connectivity index (χ0v) is 25.0. The molecule has 1 fully saturated rings. The van der Waals surface area contributed by atoms with Crippen LogP contribution in [0.15, 0.2) is 66.9 Å². The highest BCUT2D eigenvalue weighted by Gasteiger charge is 2.44. The third-order valence-electron chi connectivity index (χ3n) is 7.34. The number of hydrogen-bond donors (Lipinski definition) is 1. The quantitative estimate of drug-likeness (QED) is 0.170. The van der Waals surface area contributed by atoms with E-state index in [9.17, 15) is 31.9 Å². The Kier molecular flexibility index (Phi) is 8.72. The number of rotatable bonds is 8. The fraction of sp³-hybridized carbons (Fsp3) is 0.250. The molecule has 1 unspecified atom stereocenters. The first-order chi connectivity index (χ1) is 21.8. The molecule has 4 aromatic rings. The summed E-state index contributed by atoms with van der Waals surface area (Å²) in [4.78, 5) is 46.2. The Morgan fingerprint density at radius 3 is 2.24 bits per heavy atom. The summed E-state index contributed by atoms with van der Waals surface area (Å²) in [6.45, 7) is 3.05. The summed E-state index contributed by atoms with van der Waals surface area (Å²) in [5.41, 5.74) is -1.03. The largest absolute Gasteiger partial charge is 0.493 e. The van der Waals surface area contributed by atoms with Crippen LogP contribution in [0.2, 0.25) is 0 Å². The van der Waals surface area contributed by atoms with Gasteiger partial charge in [-0.1, -0.05) is 0 Å². The molecule has 1 aliphatic heterocycles. The summed E-state index contributed by atoms with van der Waals surface area (Å²) < 4.78 is 72.7. The van der Waals surface area contributed by atoms with Crippen LogP contribution in [0.1, 0.15) is 19.4 Å². The maximum atomic E-state index is 14.3. The summed E-state index contributed by atoms with van der Waals surface area (Å²) in [6.07, 6.45) is -3.53. The van der Waals surface area contributed by atoms with Gasteiger partial charge in [-0.3, -0.25) is 14.6 Å². The number of urea groups is 1. The Hall–Kier alpha value is -5.40. The van der Waals surface area contributed by atoms with Gasteiger partial charge in [0.25, 0.3) is 0 Å². The average molecular weight is 641 g/mol. The second-order valence-corrected chi connectivity index (χ2v) is 10.6. The van der Waals surface area contributed by atoms with Crippen LogP contribution in [0.5, 0.6) is 23.0 Å². The van der Waals surface area contributed by atoms with E-state index in [1.165, 1.54) is 55.6 Å². The standard InChI is InChI=1S/C32H28F4N4O6/c1-17(2)39-16-22(30(42)40(31(39)43)20-8-5-18(33)6-9-20)29(41)38-19-7-10-26(23(13-19)32(34,35)36)46-25-11-12-37-24-15-28(45-4)27(44-3)14-21(24)25/h5-15,17,22H,16H2,1-4H3,(H,38,41). The van der Waals surface area contributed by atoms with Gasteiger partial charge in [-0.05, 0) is 68.4 Å². The molecule has 2 heterocycles. The van der Waals surface area contributed by atoms with E-state index in [1.807, 2.05) is 0 Å². The lowest BCUT2D eigenvalue weighted by atomic mass is 10.0. The van der Waals surface area contributed by atoms with Crippen molar-refractivity contribution in [2.24, 2.45) is 5.92 Å². The van der Waals surface area contributed by atoms with Gasteiger partial charge >= 0.3 is 12.2 Å². The average Bonchev–Trinajstić information content (AvgIpc) is 3.01. The molecular weight excluding hydrogens is 612 g/mol. The highest BCUT2D eigenvalue weighted by molar-refractivity contribution is 6.23. The fourth-order valence-electron chi connectivity index (χ4n) is 4.99. The molecule has 1 N–H and O–H groups in total. The zero-order chi connectivity index (χ0) is 33.3. The minimum Gasteiger partial charge on any atom is -0.493 e. The number of amides is 4. The van der Waals surface area contributed by atoms with E-state index in [2.05, 4.69) is 10.3 Å². The Balaban J connectivity index is 1.45. The van der Waals surface area contributed by atoms with Gasteiger partial charge < -0.3 is 24.4 Å².